The van der Waals surface area contributed by atoms with Gasteiger partial charge in [0.25, 0.3) is 0 Å². The van der Waals surface area contributed by atoms with Crippen LogP contribution >= 0.6 is 0 Å². The molecule has 3 heteroatoms. The number of amides is 1. The van der Waals surface area contributed by atoms with Gasteiger partial charge in [0.15, 0.2) is 0 Å². The van der Waals surface area contributed by atoms with Crippen molar-refractivity contribution in [3.63, 3.8) is 0 Å². The van der Waals surface area contributed by atoms with Crippen molar-refractivity contribution < 1.29 is 9.53 Å². The summed E-state index contributed by atoms with van der Waals surface area (Å²) < 4.78 is 5.39. The standard InChI is InChI=1S/C18H27NO2/c1-3-7-17(14-8-5-4-6-9-14)18(20)19-15-10-12-16(21-2)13-11-15/h4-6,8-9,15-17H,3,7,10-13H2,1-2H3,(H,19,20). The second-order valence-corrected chi connectivity index (χ2v) is 5.97. The second-order valence-electron chi connectivity index (χ2n) is 5.97. The smallest absolute Gasteiger partial charge is 0.227 e. The van der Waals surface area contributed by atoms with E-state index >= 15 is 0 Å². The van der Waals surface area contributed by atoms with Gasteiger partial charge in [-0.1, -0.05) is 43.7 Å². The van der Waals surface area contributed by atoms with Crippen LogP contribution < -0.4 is 5.32 Å². The van der Waals surface area contributed by atoms with E-state index in [9.17, 15) is 4.79 Å². The topological polar surface area (TPSA) is 38.3 Å². The second kappa shape index (κ2) is 8.18. The summed E-state index contributed by atoms with van der Waals surface area (Å²) in [6.07, 6.45) is 6.44. The minimum absolute atomic E-state index is 0.0173. The monoisotopic (exact) mass is 289 g/mol. The number of hydrogen-bond acceptors (Lipinski definition) is 2. The highest BCUT2D eigenvalue weighted by Crippen LogP contribution is 2.24. The van der Waals surface area contributed by atoms with E-state index in [1.165, 1.54) is 0 Å². The van der Waals surface area contributed by atoms with Gasteiger partial charge in [-0.3, -0.25) is 4.79 Å². The Morgan fingerprint density at radius 1 is 1.24 bits per heavy atom. The van der Waals surface area contributed by atoms with Crippen molar-refractivity contribution in [3.05, 3.63) is 35.9 Å². The maximum Gasteiger partial charge on any atom is 0.227 e. The number of carbonyl (C=O) groups excluding carboxylic acids is 1. The summed E-state index contributed by atoms with van der Waals surface area (Å²) in [6.45, 7) is 2.13. The van der Waals surface area contributed by atoms with Crippen molar-refractivity contribution in [2.75, 3.05) is 7.11 Å². The van der Waals surface area contributed by atoms with Crippen molar-refractivity contribution in [3.8, 4) is 0 Å². The molecule has 1 atom stereocenters. The zero-order valence-electron chi connectivity index (χ0n) is 13.2. The quantitative estimate of drug-likeness (QED) is 0.868. The highest BCUT2D eigenvalue weighted by atomic mass is 16.5. The first kappa shape index (κ1) is 16.0. The molecule has 116 valence electrons. The number of methoxy groups -OCH3 is 1. The number of nitrogens with one attached hydrogen (secondary N) is 1. The average molecular weight is 289 g/mol. The van der Waals surface area contributed by atoms with Crippen molar-refractivity contribution in [1.29, 1.82) is 0 Å². The van der Waals surface area contributed by atoms with Gasteiger partial charge >= 0.3 is 0 Å². The molecule has 0 bridgehead atoms. The molecule has 1 aliphatic rings. The van der Waals surface area contributed by atoms with Crippen molar-refractivity contribution in [2.24, 2.45) is 0 Å². The number of rotatable bonds is 6. The summed E-state index contributed by atoms with van der Waals surface area (Å²) in [5.74, 6) is 0.167. The Labute approximate surface area is 128 Å². The number of benzene rings is 1. The highest BCUT2D eigenvalue weighted by Gasteiger charge is 2.25. The summed E-state index contributed by atoms with van der Waals surface area (Å²) in [5.41, 5.74) is 1.13. The van der Waals surface area contributed by atoms with Crippen LogP contribution in [0.2, 0.25) is 0 Å². The summed E-state index contributed by atoms with van der Waals surface area (Å²) in [7, 11) is 1.77. The van der Waals surface area contributed by atoms with Crippen LogP contribution in [0.15, 0.2) is 30.3 Å². The molecule has 0 radical (unpaired) electrons. The Balaban J connectivity index is 1.93. The Bertz CT molecular complexity index is 424. The van der Waals surface area contributed by atoms with Crippen molar-refractivity contribution >= 4 is 5.91 Å². The molecule has 1 aromatic rings. The zero-order chi connectivity index (χ0) is 15.1. The minimum Gasteiger partial charge on any atom is -0.381 e. The van der Waals surface area contributed by atoms with Gasteiger partial charge in [0.05, 0.1) is 12.0 Å². The molecule has 2 rings (SSSR count). The molecule has 0 aliphatic heterocycles. The minimum atomic E-state index is -0.0173. The average Bonchev–Trinajstić information content (AvgIpc) is 2.54. The highest BCUT2D eigenvalue weighted by molar-refractivity contribution is 5.83. The Hall–Kier alpha value is -1.35. The van der Waals surface area contributed by atoms with Gasteiger partial charge in [0.1, 0.15) is 0 Å². The lowest BCUT2D eigenvalue weighted by molar-refractivity contribution is -0.123. The van der Waals surface area contributed by atoms with Gasteiger partial charge in [-0.25, -0.2) is 0 Å². The number of hydrogen-bond donors (Lipinski definition) is 1. The molecule has 1 saturated carbocycles. The largest absolute Gasteiger partial charge is 0.381 e. The van der Waals surface area contributed by atoms with Gasteiger partial charge in [0.2, 0.25) is 5.91 Å². The van der Waals surface area contributed by atoms with Gasteiger partial charge < -0.3 is 10.1 Å². The molecule has 1 N–H and O–H groups in total. The lowest BCUT2D eigenvalue weighted by Crippen LogP contribution is -2.41. The van der Waals surface area contributed by atoms with Crippen LogP contribution in [0.4, 0.5) is 0 Å². The van der Waals surface area contributed by atoms with E-state index in [0.717, 1.165) is 44.1 Å². The molecular formula is C18H27NO2. The molecule has 1 aliphatic carbocycles. The summed E-state index contributed by atoms with van der Waals surface area (Å²) in [5, 5.41) is 3.25. The van der Waals surface area contributed by atoms with E-state index in [-0.39, 0.29) is 11.8 Å². The predicted octanol–water partition coefficient (Wildman–Crippen LogP) is 3.64. The number of carbonyl (C=O) groups is 1. The molecule has 1 fully saturated rings. The van der Waals surface area contributed by atoms with Crippen LogP contribution in [-0.4, -0.2) is 25.2 Å². The van der Waals surface area contributed by atoms with E-state index in [4.69, 9.17) is 4.74 Å². The van der Waals surface area contributed by atoms with Crippen LogP contribution in [0.25, 0.3) is 0 Å². The maximum atomic E-state index is 12.6. The summed E-state index contributed by atoms with van der Waals surface area (Å²) >= 11 is 0. The fraction of sp³-hybridized carbons (Fsp3) is 0.611. The van der Waals surface area contributed by atoms with Crippen LogP contribution in [0.1, 0.15) is 56.9 Å². The molecule has 0 saturated heterocycles. The summed E-state index contributed by atoms with van der Waals surface area (Å²) in [4.78, 5) is 12.6. The lowest BCUT2D eigenvalue weighted by Gasteiger charge is -2.29. The first-order chi connectivity index (χ1) is 10.2. The fourth-order valence-corrected chi connectivity index (χ4v) is 3.17. The molecule has 1 amide bonds. The third kappa shape index (κ3) is 4.57. The molecule has 21 heavy (non-hydrogen) atoms. The molecule has 0 aromatic heterocycles. The Morgan fingerprint density at radius 3 is 2.48 bits per heavy atom. The zero-order valence-corrected chi connectivity index (χ0v) is 13.2. The van der Waals surface area contributed by atoms with E-state index in [1.807, 2.05) is 18.2 Å². The lowest BCUT2D eigenvalue weighted by atomic mass is 9.90. The van der Waals surface area contributed by atoms with Crippen LogP contribution in [0, 0.1) is 0 Å². The predicted molar refractivity (Wildman–Crippen MR) is 85.3 cm³/mol. The Morgan fingerprint density at radius 2 is 1.90 bits per heavy atom. The molecule has 1 aromatic carbocycles. The van der Waals surface area contributed by atoms with Crippen LogP contribution in [0.5, 0.6) is 0 Å². The molecule has 0 heterocycles. The van der Waals surface area contributed by atoms with Crippen LogP contribution in [-0.2, 0) is 9.53 Å². The van der Waals surface area contributed by atoms with E-state index < -0.39 is 0 Å². The van der Waals surface area contributed by atoms with E-state index in [2.05, 4.69) is 24.4 Å². The van der Waals surface area contributed by atoms with Crippen molar-refractivity contribution in [1.82, 2.24) is 5.32 Å². The van der Waals surface area contributed by atoms with Crippen molar-refractivity contribution in [2.45, 2.75) is 63.5 Å². The third-order valence-electron chi connectivity index (χ3n) is 4.45. The molecule has 1 unspecified atom stereocenters. The normalized spacial score (nSPS) is 23.5. The number of ether oxygens (including phenoxy) is 1. The maximum absolute atomic E-state index is 12.6. The first-order valence-corrected chi connectivity index (χ1v) is 8.12. The van der Waals surface area contributed by atoms with Gasteiger partial charge in [-0.2, -0.15) is 0 Å². The summed E-state index contributed by atoms with van der Waals surface area (Å²) in [6, 6.07) is 10.4. The van der Waals surface area contributed by atoms with Gasteiger partial charge in [-0.15, -0.1) is 0 Å². The fourth-order valence-electron chi connectivity index (χ4n) is 3.17. The van der Waals surface area contributed by atoms with Crippen LogP contribution in [0.3, 0.4) is 0 Å². The Kier molecular flexibility index (Phi) is 6.24. The van der Waals surface area contributed by atoms with E-state index in [0.29, 0.717) is 12.1 Å². The molecule has 3 nitrogen and oxygen atoms in total. The molecular weight excluding hydrogens is 262 g/mol. The van der Waals surface area contributed by atoms with Gasteiger partial charge in [-0.05, 0) is 37.7 Å². The first-order valence-electron chi connectivity index (χ1n) is 8.12. The SMILES string of the molecule is CCCC(C(=O)NC1CCC(OC)CC1)c1ccccc1. The third-order valence-corrected chi connectivity index (χ3v) is 4.45. The molecule has 0 spiro atoms. The van der Waals surface area contributed by atoms with Gasteiger partial charge in [0, 0.05) is 13.2 Å². The van der Waals surface area contributed by atoms with E-state index in [1.54, 1.807) is 7.11 Å².